The van der Waals surface area contributed by atoms with E-state index in [1.165, 1.54) is 30.1 Å². The number of hydrogen-bond acceptors (Lipinski definition) is 7. The molecule has 0 aliphatic carbocycles. The van der Waals surface area contributed by atoms with Crippen molar-refractivity contribution in [1.82, 2.24) is 9.97 Å². The minimum absolute atomic E-state index is 0.178. The lowest BCUT2D eigenvalue weighted by Gasteiger charge is -2.44. The van der Waals surface area contributed by atoms with Gasteiger partial charge in [0, 0.05) is 30.6 Å². The Morgan fingerprint density at radius 1 is 1.42 bits per heavy atom. The van der Waals surface area contributed by atoms with Gasteiger partial charge in [-0.3, -0.25) is 0 Å². The Morgan fingerprint density at radius 3 is 3.04 bits per heavy atom. The van der Waals surface area contributed by atoms with E-state index in [4.69, 9.17) is 9.47 Å². The number of esters is 1. The van der Waals surface area contributed by atoms with Crippen LogP contribution in [0.15, 0.2) is 24.0 Å². The van der Waals surface area contributed by atoms with Crippen LogP contribution in [0, 0.1) is 0 Å². The van der Waals surface area contributed by atoms with Crippen molar-refractivity contribution < 1.29 is 14.3 Å². The number of aromatic nitrogens is 2. The SMILES string of the molecule is COC(=O)c1cncnc1N1CCC2(CC1)OCCc1sccc12. The van der Waals surface area contributed by atoms with E-state index in [9.17, 15) is 4.79 Å². The Kier molecular flexibility index (Phi) is 3.97. The second-order valence-electron chi connectivity index (χ2n) is 6.09. The Balaban J connectivity index is 1.57. The maximum Gasteiger partial charge on any atom is 0.343 e. The molecule has 1 saturated heterocycles. The predicted octanol–water partition coefficient (Wildman–Crippen LogP) is 2.39. The lowest BCUT2D eigenvalue weighted by atomic mass is 9.82. The Hall–Kier alpha value is -1.99. The summed E-state index contributed by atoms with van der Waals surface area (Å²) >= 11 is 1.82. The zero-order valence-electron chi connectivity index (χ0n) is 13.5. The molecule has 0 unspecified atom stereocenters. The number of nitrogens with zero attached hydrogens (tertiary/aromatic N) is 3. The van der Waals surface area contributed by atoms with Crippen LogP contribution in [0.4, 0.5) is 5.82 Å². The van der Waals surface area contributed by atoms with Gasteiger partial charge in [0.2, 0.25) is 0 Å². The van der Waals surface area contributed by atoms with Gasteiger partial charge in [-0.05, 0) is 29.9 Å². The maximum atomic E-state index is 11.9. The van der Waals surface area contributed by atoms with Crippen LogP contribution in [-0.4, -0.2) is 42.7 Å². The molecule has 0 bridgehead atoms. The number of hydrogen-bond donors (Lipinski definition) is 0. The fraction of sp³-hybridized carbons (Fsp3) is 0.471. The van der Waals surface area contributed by atoms with Crippen molar-refractivity contribution in [3.8, 4) is 0 Å². The summed E-state index contributed by atoms with van der Waals surface area (Å²) in [4.78, 5) is 23.8. The highest BCUT2D eigenvalue weighted by atomic mass is 32.1. The van der Waals surface area contributed by atoms with Gasteiger partial charge in [0.15, 0.2) is 0 Å². The molecule has 2 aliphatic rings. The van der Waals surface area contributed by atoms with Crippen molar-refractivity contribution in [2.24, 2.45) is 0 Å². The number of carbonyl (C=O) groups is 1. The van der Waals surface area contributed by atoms with Crippen LogP contribution in [0.5, 0.6) is 0 Å². The summed E-state index contributed by atoms with van der Waals surface area (Å²) in [7, 11) is 1.37. The smallest absolute Gasteiger partial charge is 0.343 e. The number of fused-ring (bicyclic) bond motifs is 2. The molecular weight excluding hydrogens is 326 g/mol. The summed E-state index contributed by atoms with van der Waals surface area (Å²) in [5.41, 5.74) is 1.59. The molecular formula is C17H19N3O3S. The molecule has 6 nitrogen and oxygen atoms in total. The van der Waals surface area contributed by atoms with Crippen LogP contribution in [0.25, 0.3) is 0 Å². The van der Waals surface area contributed by atoms with Gasteiger partial charge >= 0.3 is 5.97 Å². The fourth-order valence-corrected chi connectivity index (χ4v) is 4.63. The summed E-state index contributed by atoms with van der Waals surface area (Å²) in [5, 5.41) is 2.16. The first-order chi connectivity index (χ1) is 11.7. The van der Waals surface area contributed by atoms with Gasteiger partial charge in [-0.2, -0.15) is 0 Å². The first kappa shape index (κ1) is 15.5. The lowest BCUT2D eigenvalue weighted by molar-refractivity contribution is -0.0757. The van der Waals surface area contributed by atoms with E-state index in [2.05, 4.69) is 26.3 Å². The quantitative estimate of drug-likeness (QED) is 0.779. The molecule has 7 heteroatoms. The summed E-state index contributed by atoms with van der Waals surface area (Å²) < 4.78 is 11.1. The summed E-state index contributed by atoms with van der Waals surface area (Å²) in [6.45, 7) is 2.36. The Labute approximate surface area is 144 Å². The van der Waals surface area contributed by atoms with Crippen LogP contribution >= 0.6 is 11.3 Å². The predicted molar refractivity (Wildman–Crippen MR) is 90.5 cm³/mol. The van der Waals surface area contributed by atoms with Gasteiger partial charge in [0.25, 0.3) is 0 Å². The summed E-state index contributed by atoms with van der Waals surface area (Å²) in [6.07, 6.45) is 5.78. The monoisotopic (exact) mass is 345 g/mol. The number of rotatable bonds is 2. The number of methoxy groups -OCH3 is 1. The zero-order valence-corrected chi connectivity index (χ0v) is 14.3. The molecule has 24 heavy (non-hydrogen) atoms. The summed E-state index contributed by atoms with van der Waals surface area (Å²) in [6, 6.07) is 2.21. The third-order valence-electron chi connectivity index (χ3n) is 4.91. The van der Waals surface area contributed by atoms with Crippen molar-refractivity contribution in [2.75, 3.05) is 31.7 Å². The summed E-state index contributed by atoms with van der Waals surface area (Å²) in [5.74, 6) is 0.243. The second-order valence-corrected chi connectivity index (χ2v) is 7.09. The van der Waals surface area contributed by atoms with Gasteiger partial charge in [-0.15, -0.1) is 11.3 Å². The lowest BCUT2D eigenvalue weighted by Crippen LogP contribution is -2.46. The first-order valence-corrected chi connectivity index (χ1v) is 8.95. The van der Waals surface area contributed by atoms with Crippen LogP contribution in [0.2, 0.25) is 0 Å². The largest absolute Gasteiger partial charge is 0.465 e. The van der Waals surface area contributed by atoms with E-state index in [0.29, 0.717) is 11.4 Å². The number of carbonyl (C=O) groups excluding carboxylic acids is 1. The van der Waals surface area contributed by atoms with E-state index in [0.717, 1.165) is 39.0 Å². The molecule has 126 valence electrons. The molecule has 1 spiro atoms. The van der Waals surface area contributed by atoms with E-state index >= 15 is 0 Å². The number of ether oxygens (including phenoxy) is 2. The number of anilines is 1. The van der Waals surface area contributed by atoms with Gasteiger partial charge in [0.05, 0.1) is 19.3 Å². The van der Waals surface area contributed by atoms with Crippen molar-refractivity contribution in [3.63, 3.8) is 0 Å². The van der Waals surface area contributed by atoms with Gasteiger partial charge in [-0.25, -0.2) is 14.8 Å². The van der Waals surface area contributed by atoms with Crippen LogP contribution < -0.4 is 4.90 Å². The third kappa shape index (κ3) is 2.48. The third-order valence-corrected chi connectivity index (χ3v) is 5.89. The number of piperidine rings is 1. The van der Waals surface area contributed by atoms with Gasteiger partial charge in [0.1, 0.15) is 17.7 Å². The van der Waals surface area contributed by atoms with E-state index in [1.807, 2.05) is 11.3 Å². The molecule has 4 rings (SSSR count). The van der Waals surface area contributed by atoms with Crippen LogP contribution in [0.3, 0.4) is 0 Å². The maximum absolute atomic E-state index is 11.9. The molecule has 0 N–H and O–H groups in total. The molecule has 0 radical (unpaired) electrons. The molecule has 2 aromatic heterocycles. The average molecular weight is 345 g/mol. The van der Waals surface area contributed by atoms with Crippen molar-refractivity contribution in [1.29, 1.82) is 0 Å². The first-order valence-electron chi connectivity index (χ1n) is 8.07. The van der Waals surface area contributed by atoms with Crippen molar-refractivity contribution >= 4 is 23.1 Å². The van der Waals surface area contributed by atoms with Crippen LogP contribution in [-0.2, 0) is 21.5 Å². The minimum Gasteiger partial charge on any atom is -0.465 e. The Morgan fingerprint density at radius 2 is 2.25 bits per heavy atom. The molecule has 0 amide bonds. The fourth-order valence-electron chi connectivity index (χ4n) is 3.68. The highest BCUT2D eigenvalue weighted by molar-refractivity contribution is 7.10. The zero-order chi connectivity index (χ0) is 16.6. The van der Waals surface area contributed by atoms with Gasteiger partial charge in [-0.1, -0.05) is 0 Å². The molecule has 2 aliphatic heterocycles. The minimum atomic E-state index is -0.403. The molecule has 4 heterocycles. The highest BCUT2D eigenvalue weighted by Gasteiger charge is 2.42. The standard InChI is InChI=1S/C17H19N3O3S/c1-22-16(21)12-10-18-11-19-15(12)20-6-4-17(5-7-20)13-3-9-24-14(13)2-8-23-17/h3,9-11H,2,4-8H2,1H3. The molecule has 2 aromatic rings. The molecule has 0 atom stereocenters. The molecule has 0 saturated carbocycles. The van der Waals surface area contributed by atoms with E-state index in [-0.39, 0.29) is 5.60 Å². The molecule has 1 fully saturated rings. The van der Waals surface area contributed by atoms with Crippen molar-refractivity contribution in [3.05, 3.63) is 40.0 Å². The van der Waals surface area contributed by atoms with Crippen molar-refractivity contribution in [2.45, 2.75) is 24.9 Å². The van der Waals surface area contributed by atoms with Crippen LogP contribution in [0.1, 0.15) is 33.6 Å². The van der Waals surface area contributed by atoms with Gasteiger partial charge < -0.3 is 14.4 Å². The topological polar surface area (TPSA) is 64.5 Å². The molecule has 0 aromatic carbocycles. The number of thiophene rings is 1. The second kappa shape index (κ2) is 6.14. The average Bonchev–Trinajstić information content (AvgIpc) is 3.12. The normalized spacial score (nSPS) is 19.1. The van der Waals surface area contributed by atoms with E-state index in [1.54, 1.807) is 0 Å². The highest BCUT2D eigenvalue weighted by Crippen LogP contribution is 2.43. The Bertz CT molecular complexity index is 753. The van der Waals surface area contributed by atoms with E-state index < -0.39 is 5.97 Å².